The number of nitrogens with one attached hydrogen (secondary N) is 1. The molecule has 56 valence electrons. The minimum Gasteiger partial charge on any atom is -0.385 e. The van der Waals surface area contributed by atoms with E-state index >= 15 is 0 Å². The summed E-state index contributed by atoms with van der Waals surface area (Å²) >= 11 is 0. The summed E-state index contributed by atoms with van der Waals surface area (Å²) in [5.74, 6) is 0. The third-order valence-electron chi connectivity index (χ3n) is 2.19. The second kappa shape index (κ2) is 2.49. The van der Waals surface area contributed by atoms with Crippen molar-refractivity contribution in [2.45, 2.75) is 25.7 Å². The number of fused-ring (bicyclic) bond motifs is 1. The second-order valence-corrected chi connectivity index (χ2v) is 2.95. The van der Waals surface area contributed by atoms with Gasteiger partial charge in [0.25, 0.3) is 0 Å². The minimum atomic E-state index is 0. The van der Waals surface area contributed by atoms with Crippen molar-refractivity contribution in [3.63, 3.8) is 0 Å². The molecule has 1 saturated heterocycles. The lowest BCUT2D eigenvalue weighted by Crippen LogP contribution is -2.22. The van der Waals surface area contributed by atoms with Crippen molar-refractivity contribution in [2.75, 3.05) is 6.54 Å². The van der Waals surface area contributed by atoms with Gasteiger partial charge >= 0.3 is 0 Å². The van der Waals surface area contributed by atoms with Gasteiger partial charge in [0, 0.05) is 13.7 Å². The number of rotatable bonds is 0. The maximum absolute atomic E-state index is 3.41. The molecule has 1 aliphatic heterocycles. The highest BCUT2D eigenvalue weighted by atomic mass is 14.9. The van der Waals surface area contributed by atoms with Crippen LogP contribution in [0.2, 0.25) is 0 Å². The van der Waals surface area contributed by atoms with E-state index in [1.165, 1.54) is 37.9 Å². The van der Waals surface area contributed by atoms with E-state index in [1.54, 1.807) is 5.57 Å². The normalized spacial score (nSPS) is 24.0. The highest BCUT2D eigenvalue weighted by molar-refractivity contribution is 5.33. The minimum absolute atomic E-state index is 0. The fraction of sp³-hybridized carbons (Fsp3) is 0.556. The van der Waals surface area contributed by atoms with Gasteiger partial charge in [0.1, 0.15) is 0 Å². The average Bonchev–Trinajstić information content (AvgIpc) is 2.05. The molecule has 2 aliphatic rings. The Labute approximate surface area is 63.3 Å². The predicted octanol–water partition coefficient (Wildman–Crippen LogP) is 2.22. The molecular weight excluding hydrogens is 122 g/mol. The molecule has 0 aromatic heterocycles. The number of allylic oxidation sites excluding steroid dienone is 3. The number of piperidine rings is 1. The molecule has 0 bridgehead atoms. The molecule has 0 saturated carbocycles. The first-order chi connectivity index (χ1) is 4.97. The summed E-state index contributed by atoms with van der Waals surface area (Å²) in [6.45, 7) is 1.17. The van der Waals surface area contributed by atoms with E-state index in [-0.39, 0.29) is 1.43 Å². The number of hydrogen-bond acceptors (Lipinski definition) is 1. The van der Waals surface area contributed by atoms with Crippen LogP contribution >= 0.6 is 0 Å². The summed E-state index contributed by atoms with van der Waals surface area (Å²) in [7, 11) is 0. The van der Waals surface area contributed by atoms with Gasteiger partial charge in [-0.2, -0.15) is 0 Å². The molecule has 0 atom stereocenters. The van der Waals surface area contributed by atoms with Gasteiger partial charge in [-0.15, -0.1) is 0 Å². The van der Waals surface area contributed by atoms with E-state index in [2.05, 4.69) is 17.5 Å². The van der Waals surface area contributed by atoms with Gasteiger partial charge in [0.15, 0.2) is 0 Å². The third kappa shape index (κ3) is 0.962. The topological polar surface area (TPSA) is 12.0 Å². The summed E-state index contributed by atoms with van der Waals surface area (Å²) in [6.07, 6.45) is 9.78. The lowest BCUT2D eigenvalue weighted by Gasteiger charge is -2.22. The smallest absolute Gasteiger partial charge is 0.0329 e. The lowest BCUT2D eigenvalue weighted by atomic mass is 9.96. The first-order valence-corrected chi connectivity index (χ1v) is 4.10. The van der Waals surface area contributed by atoms with Gasteiger partial charge in [-0.05, 0) is 31.3 Å². The fourth-order valence-electron chi connectivity index (χ4n) is 1.65. The van der Waals surface area contributed by atoms with Crippen molar-refractivity contribution in [1.82, 2.24) is 5.32 Å². The fourth-order valence-corrected chi connectivity index (χ4v) is 1.65. The Kier molecular flexibility index (Phi) is 1.50. The Hall–Kier alpha value is -0.720. The Morgan fingerprint density at radius 2 is 2.20 bits per heavy atom. The van der Waals surface area contributed by atoms with E-state index in [0.717, 1.165) is 0 Å². The molecular formula is C9H15N. The monoisotopic (exact) mass is 137 g/mol. The van der Waals surface area contributed by atoms with Crippen molar-refractivity contribution < 1.29 is 1.43 Å². The first kappa shape index (κ1) is 6.02. The Morgan fingerprint density at radius 3 is 3.10 bits per heavy atom. The summed E-state index contributed by atoms with van der Waals surface area (Å²) < 4.78 is 0. The molecule has 2 rings (SSSR count). The zero-order valence-corrected chi connectivity index (χ0v) is 6.19. The number of hydrogen-bond donors (Lipinski definition) is 1. The SMILES string of the molecule is C1=C2CCCNC2=CCC1.[HH]. The van der Waals surface area contributed by atoms with E-state index in [9.17, 15) is 0 Å². The summed E-state index contributed by atoms with van der Waals surface area (Å²) in [4.78, 5) is 0. The molecule has 1 aliphatic carbocycles. The van der Waals surface area contributed by atoms with Crippen LogP contribution in [0.25, 0.3) is 0 Å². The molecule has 1 fully saturated rings. The van der Waals surface area contributed by atoms with E-state index in [0.29, 0.717) is 0 Å². The second-order valence-electron chi connectivity index (χ2n) is 2.95. The van der Waals surface area contributed by atoms with Crippen LogP contribution in [0, 0.1) is 0 Å². The average molecular weight is 137 g/mol. The molecule has 0 amide bonds. The van der Waals surface area contributed by atoms with Crippen LogP contribution in [-0.4, -0.2) is 6.54 Å². The van der Waals surface area contributed by atoms with Gasteiger partial charge < -0.3 is 5.32 Å². The molecule has 1 N–H and O–H groups in total. The third-order valence-corrected chi connectivity index (χ3v) is 2.19. The molecule has 0 radical (unpaired) electrons. The molecule has 0 aromatic carbocycles. The Morgan fingerprint density at radius 1 is 1.30 bits per heavy atom. The molecule has 1 heterocycles. The van der Waals surface area contributed by atoms with Crippen LogP contribution in [0.5, 0.6) is 0 Å². The van der Waals surface area contributed by atoms with Gasteiger partial charge in [-0.1, -0.05) is 12.2 Å². The highest BCUT2D eigenvalue weighted by Crippen LogP contribution is 2.23. The van der Waals surface area contributed by atoms with E-state index in [4.69, 9.17) is 0 Å². The quantitative estimate of drug-likeness (QED) is 0.540. The highest BCUT2D eigenvalue weighted by Gasteiger charge is 2.11. The van der Waals surface area contributed by atoms with Gasteiger partial charge in [0.2, 0.25) is 0 Å². The van der Waals surface area contributed by atoms with Gasteiger partial charge in [0.05, 0.1) is 0 Å². The van der Waals surface area contributed by atoms with Crippen LogP contribution in [0.15, 0.2) is 23.4 Å². The van der Waals surface area contributed by atoms with Crippen LogP contribution < -0.4 is 5.32 Å². The Bertz CT molecular complexity index is 172. The molecule has 10 heavy (non-hydrogen) atoms. The van der Waals surface area contributed by atoms with Gasteiger partial charge in [-0.25, -0.2) is 0 Å². The van der Waals surface area contributed by atoms with Crippen molar-refractivity contribution in [2.24, 2.45) is 0 Å². The van der Waals surface area contributed by atoms with Crippen molar-refractivity contribution in [3.8, 4) is 0 Å². The maximum Gasteiger partial charge on any atom is 0.0329 e. The van der Waals surface area contributed by atoms with Crippen molar-refractivity contribution in [3.05, 3.63) is 23.4 Å². The summed E-state index contributed by atoms with van der Waals surface area (Å²) in [5.41, 5.74) is 2.97. The largest absolute Gasteiger partial charge is 0.385 e. The van der Waals surface area contributed by atoms with E-state index in [1.807, 2.05) is 0 Å². The predicted molar refractivity (Wildman–Crippen MR) is 44.8 cm³/mol. The molecule has 1 heteroatoms. The summed E-state index contributed by atoms with van der Waals surface area (Å²) in [5, 5.41) is 3.41. The maximum atomic E-state index is 3.41. The van der Waals surface area contributed by atoms with Crippen molar-refractivity contribution >= 4 is 0 Å². The standard InChI is InChI=1S/C9H13N.H2/c1-2-6-9-8(4-1)5-3-7-10-9;/h4,6,10H,1-3,5,7H2;1H. The van der Waals surface area contributed by atoms with Crippen molar-refractivity contribution in [1.29, 1.82) is 0 Å². The molecule has 0 aromatic rings. The Balaban J connectivity index is 0.000000605. The molecule has 0 spiro atoms. The van der Waals surface area contributed by atoms with Crippen LogP contribution in [0.1, 0.15) is 27.1 Å². The van der Waals surface area contributed by atoms with Crippen LogP contribution in [0.4, 0.5) is 0 Å². The van der Waals surface area contributed by atoms with E-state index < -0.39 is 0 Å². The molecule has 0 unspecified atom stereocenters. The van der Waals surface area contributed by atoms with Crippen LogP contribution in [-0.2, 0) is 0 Å². The van der Waals surface area contributed by atoms with Crippen LogP contribution in [0.3, 0.4) is 0 Å². The first-order valence-electron chi connectivity index (χ1n) is 4.10. The zero-order valence-electron chi connectivity index (χ0n) is 6.19. The molecule has 1 nitrogen and oxygen atoms in total. The zero-order chi connectivity index (χ0) is 6.81. The lowest BCUT2D eigenvalue weighted by molar-refractivity contribution is 0.654. The summed E-state index contributed by atoms with van der Waals surface area (Å²) in [6, 6.07) is 0. The van der Waals surface area contributed by atoms with Gasteiger partial charge in [-0.3, -0.25) is 0 Å².